The molecule has 0 aliphatic carbocycles. The Morgan fingerprint density at radius 1 is 1.03 bits per heavy atom. The first kappa shape index (κ1) is 25.7. The molecule has 0 radical (unpaired) electrons. The highest BCUT2D eigenvalue weighted by molar-refractivity contribution is 7.93. The second-order valence-corrected chi connectivity index (χ2v) is 11.0. The Labute approximate surface area is 212 Å². The van der Waals surface area contributed by atoms with Crippen LogP contribution in [0.4, 0.5) is 10.1 Å². The smallest absolute Gasteiger partial charge is 0.268 e. The number of likely N-dealkylation sites (tertiary alicyclic amines) is 1. The number of rotatable bonds is 8. The molecule has 3 aromatic rings. The molecule has 1 saturated heterocycles. The minimum absolute atomic E-state index is 0.0382. The van der Waals surface area contributed by atoms with Gasteiger partial charge in [0.05, 0.1) is 12.8 Å². The van der Waals surface area contributed by atoms with Crippen LogP contribution in [0.1, 0.15) is 24.0 Å². The largest absolute Gasteiger partial charge is 0.495 e. The number of carbonyl (C=O) groups is 1. The molecule has 3 aromatic carbocycles. The summed E-state index contributed by atoms with van der Waals surface area (Å²) in [6, 6.07) is 20.3. The highest BCUT2D eigenvalue weighted by Crippen LogP contribution is 2.31. The van der Waals surface area contributed by atoms with Crippen LogP contribution in [0.5, 0.6) is 5.75 Å². The Bertz CT molecular complexity index is 1290. The van der Waals surface area contributed by atoms with Crippen molar-refractivity contribution in [3.63, 3.8) is 0 Å². The van der Waals surface area contributed by atoms with Crippen LogP contribution in [-0.4, -0.2) is 46.0 Å². The van der Waals surface area contributed by atoms with Gasteiger partial charge in [-0.05, 0) is 79.6 Å². The van der Waals surface area contributed by atoms with E-state index < -0.39 is 15.8 Å². The number of carbonyl (C=O) groups excluding carboxylic acids is 1. The van der Waals surface area contributed by atoms with Crippen molar-refractivity contribution in [1.29, 1.82) is 0 Å². The van der Waals surface area contributed by atoms with Gasteiger partial charge < -0.3 is 9.64 Å². The number of ether oxygens (including phenoxy) is 1. The molecule has 1 heterocycles. The number of halogens is 1. The minimum Gasteiger partial charge on any atom is -0.495 e. The summed E-state index contributed by atoms with van der Waals surface area (Å²) < 4.78 is 47.6. The molecular weight excluding hydrogens is 479 g/mol. The first-order valence-electron chi connectivity index (χ1n) is 12.0. The summed E-state index contributed by atoms with van der Waals surface area (Å²) in [4.78, 5) is 15.0. The van der Waals surface area contributed by atoms with Crippen molar-refractivity contribution in [3.8, 4) is 5.75 Å². The lowest BCUT2D eigenvalue weighted by atomic mass is 9.90. The molecule has 0 saturated carbocycles. The molecule has 0 unspecified atom stereocenters. The number of aryl methyl sites for hydroxylation is 1. The van der Waals surface area contributed by atoms with Crippen LogP contribution >= 0.6 is 0 Å². The minimum atomic E-state index is -4.18. The summed E-state index contributed by atoms with van der Waals surface area (Å²) in [5, 5.41) is 0. The quantitative estimate of drug-likeness (QED) is 0.436. The average molecular weight is 511 g/mol. The van der Waals surface area contributed by atoms with E-state index in [2.05, 4.69) is 12.1 Å². The summed E-state index contributed by atoms with van der Waals surface area (Å²) in [6.07, 6.45) is 2.68. The Morgan fingerprint density at radius 3 is 2.33 bits per heavy atom. The molecule has 1 amide bonds. The number of anilines is 1. The number of methoxy groups -OCH3 is 1. The van der Waals surface area contributed by atoms with Gasteiger partial charge in [-0.2, -0.15) is 0 Å². The molecule has 4 rings (SSSR count). The van der Waals surface area contributed by atoms with Gasteiger partial charge in [0.15, 0.2) is 0 Å². The zero-order chi connectivity index (χ0) is 25.7. The van der Waals surface area contributed by atoms with Crippen molar-refractivity contribution >= 4 is 21.6 Å². The van der Waals surface area contributed by atoms with E-state index in [4.69, 9.17) is 4.74 Å². The molecule has 0 N–H and O–H groups in total. The zero-order valence-electron chi connectivity index (χ0n) is 20.6. The fraction of sp³-hybridized carbons (Fsp3) is 0.321. The SMILES string of the molecule is COc1ccc(C)cc1S(=O)(=O)N(CC(=O)N1CCC(Cc2ccccc2)CC1)c1ccc(F)cc1. The van der Waals surface area contributed by atoms with Crippen LogP contribution in [0.15, 0.2) is 77.7 Å². The Kier molecular flexibility index (Phi) is 7.94. The monoisotopic (exact) mass is 510 g/mol. The molecule has 1 aliphatic heterocycles. The van der Waals surface area contributed by atoms with Crippen LogP contribution in [-0.2, 0) is 21.2 Å². The van der Waals surface area contributed by atoms with Crippen molar-refractivity contribution in [2.24, 2.45) is 5.92 Å². The molecule has 0 aromatic heterocycles. The van der Waals surface area contributed by atoms with Crippen molar-refractivity contribution in [3.05, 3.63) is 89.7 Å². The van der Waals surface area contributed by atoms with Crippen molar-refractivity contribution < 1.29 is 22.3 Å². The van der Waals surface area contributed by atoms with E-state index in [9.17, 15) is 17.6 Å². The maximum Gasteiger partial charge on any atom is 0.268 e. The zero-order valence-corrected chi connectivity index (χ0v) is 21.4. The number of sulfonamides is 1. The number of benzene rings is 3. The normalized spacial score (nSPS) is 14.5. The summed E-state index contributed by atoms with van der Waals surface area (Å²) in [6.45, 7) is 2.54. The highest BCUT2D eigenvalue weighted by atomic mass is 32.2. The summed E-state index contributed by atoms with van der Waals surface area (Å²) in [5.74, 6) is -0.115. The maximum absolute atomic E-state index is 13.8. The van der Waals surface area contributed by atoms with E-state index in [1.54, 1.807) is 24.0 Å². The van der Waals surface area contributed by atoms with Crippen molar-refractivity contribution in [2.75, 3.05) is 31.0 Å². The molecule has 36 heavy (non-hydrogen) atoms. The molecule has 0 spiro atoms. The molecular formula is C28H31FN2O4S. The lowest BCUT2D eigenvalue weighted by Gasteiger charge is -2.34. The van der Waals surface area contributed by atoms with Gasteiger partial charge >= 0.3 is 0 Å². The third-order valence-corrected chi connectivity index (χ3v) is 8.41. The molecule has 6 nitrogen and oxygen atoms in total. The van der Waals surface area contributed by atoms with E-state index in [1.165, 1.54) is 43.0 Å². The number of hydrogen-bond acceptors (Lipinski definition) is 4. The second kappa shape index (κ2) is 11.1. The van der Waals surface area contributed by atoms with Gasteiger partial charge in [-0.25, -0.2) is 12.8 Å². The van der Waals surface area contributed by atoms with Crippen LogP contribution in [0.25, 0.3) is 0 Å². The van der Waals surface area contributed by atoms with E-state index in [1.807, 2.05) is 18.2 Å². The molecule has 0 atom stereocenters. The highest BCUT2D eigenvalue weighted by Gasteiger charge is 2.32. The van der Waals surface area contributed by atoms with Crippen LogP contribution in [0.3, 0.4) is 0 Å². The van der Waals surface area contributed by atoms with Crippen LogP contribution in [0, 0.1) is 18.7 Å². The average Bonchev–Trinajstić information content (AvgIpc) is 2.88. The third-order valence-electron chi connectivity index (χ3n) is 6.62. The van der Waals surface area contributed by atoms with Gasteiger partial charge in [-0.3, -0.25) is 9.10 Å². The summed E-state index contributed by atoms with van der Waals surface area (Å²) >= 11 is 0. The van der Waals surface area contributed by atoms with Gasteiger partial charge in [-0.1, -0.05) is 36.4 Å². The number of amides is 1. The molecule has 1 aliphatic rings. The van der Waals surface area contributed by atoms with E-state index >= 15 is 0 Å². The van der Waals surface area contributed by atoms with E-state index in [-0.39, 0.29) is 28.8 Å². The van der Waals surface area contributed by atoms with Gasteiger partial charge in [-0.15, -0.1) is 0 Å². The molecule has 0 bridgehead atoms. The van der Waals surface area contributed by atoms with Crippen LogP contribution in [0.2, 0.25) is 0 Å². The first-order valence-corrected chi connectivity index (χ1v) is 13.5. The van der Waals surface area contributed by atoms with Crippen LogP contribution < -0.4 is 9.04 Å². The number of piperidine rings is 1. The molecule has 1 fully saturated rings. The standard InChI is InChI=1S/C28H31FN2O4S/c1-21-8-13-26(35-2)27(18-21)36(33,34)31(25-11-9-24(29)10-12-25)20-28(32)30-16-14-23(15-17-30)19-22-6-4-3-5-7-22/h3-13,18,23H,14-17,19-20H2,1-2H3. The predicted molar refractivity (Wildman–Crippen MR) is 138 cm³/mol. The summed E-state index contributed by atoms with van der Waals surface area (Å²) in [7, 11) is -2.78. The van der Waals surface area contributed by atoms with E-state index in [0.29, 0.717) is 19.0 Å². The lowest BCUT2D eigenvalue weighted by Crippen LogP contribution is -2.46. The Morgan fingerprint density at radius 2 is 1.69 bits per heavy atom. The summed E-state index contributed by atoms with van der Waals surface area (Å²) in [5.41, 5.74) is 2.23. The lowest BCUT2D eigenvalue weighted by molar-refractivity contribution is -0.130. The number of hydrogen-bond donors (Lipinski definition) is 0. The first-order chi connectivity index (χ1) is 17.3. The second-order valence-electron chi connectivity index (χ2n) is 9.16. The molecule has 190 valence electrons. The third kappa shape index (κ3) is 5.87. The Hall–Kier alpha value is -3.39. The fourth-order valence-electron chi connectivity index (χ4n) is 4.58. The fourth-order valence-corrected chi connectivity index (χ4v) is 6.24. The predicted octanol–water partition coefficient (Wildman–Crippen LogP) is 4.82. The van der Waals surface area contributed by atoms with Gasteiger partial charge in [0.1, 0.15) is 23.0 Å². The van der Waals surface area contributed by atoms with Gasteiger partial charge in [0.25, 0.3) is 10.0 Å². The molecule has 8 heteroatoms. The Balaban J connectivity index is 1.54. The topological polar surface area (TPSA) is 66.9 Å². The van der Waals surface area contributed by atoms with E-state index in [0.717, 1.165) is 29.1 Å². The van der Waals surface area contributed by atoms with Crippen molar-refractivity contribution in [1.82, 2.24) is 4.90 Å². The number of nitrogens with zero attached hydrogens (tertiary/aromatic N) is 2. The maximum atomic E-state index is 13.8. The van der Waals surface area contributed by atoms with Crippen molar-refractivity contribution in [2.45, 2.75) is 31.1 Å². The van der Waals surface area contributed by atoms with Gasteiger partial charge in [0, 0.05) is 13.1 Å². The van der Waals surface area contributed by atoms with Gasteiger partial charge in [0.2, 0.25) is 5.91 Å².